The summed E-state index contributed by atoms with van der Waals surface area (Å²) in [4.78, 5) is 33.1. The molecule has 0 unspecified atom stereocenters. The van der Waals surface area contributed by atoms with Crippen LogP contribution in [0.2, 0.25) is 5.02 Å². The zero-order chi connectivity index (χ0) is 24.7. The number of urea groups is 1. The first kappa shape index (κ1) is 23.6. The van der Waals surface area contributed by atoms with Gasteiger partial charge in [-0.3, -0.25) is 9.78 Å². The predicted molar refractivity (Wildman–Crippen MR) is 120 cm³/mol. The van der Waals surface area contributed by atoms with E-state index in [-0.39, 0.29) is 12.2 Å². The minimum absolute atomic E-state index is 0.105. The van der Waals surface area contributed by atoms with E-state index in [4.69, 9.17) is 11.6 Å². The van der Waals surface area contributed by atoms with E-state index in [9.17, 15) is 22.8 Å². The highest BCUT2D eigenvalue weighted by atomic mass is 35.5. The molecule has 1 aliphatic rings. The maximum Gasteiger partial charge on any atom is 0.573 e. The highest BCUT2D eigenvalue weighted by Gasteiger charge is 2.51. The van der Waals surface area contributed by atoms with E-state index in [1.165, 1.54) is 17.0 Å². The van der Waals surface area contributed by atoms with Crippen LogP contribution in [-0.4, -0.2) is 33.7 Å². The number of aromatic nitrogens is 1. The zero-order valence-electron chi connectivity index (χ0n) is 18.1. The average Bonchev–Trinajstić information content (AvgIpc) is 2.93. The molecular formula is C24H19ClF3N3O3. The molecule has 1 fully saturated rings. The molecule has 176 valence electrons. The summed E-state index contributed by atoms with van der Waals surface area (Å²) < 4.78 is 41.2. The quantitative estimate of drug-likeness (QED) is 0.409. The molecule has 10 heteroatoms. The van der Waals surface area contributed by atoms with E-state index in [0.29, 0.717) is 5.02 Å². The van der Waals surface area contributed by atoms with Gasteiger partial charge in [-0.1, -0.05) is 23.7 Å². The molecule has 1 aromatic heterocycles. The Kier molecular flexibility index (Phi) is 5.99. The second-order valence-electron chi connectivity index (χ2n) is 8.15. The van der Waals surface area contributed by atoms with Crippen molar-refractivity contribution in [2.75, 3.05) is 4.90 Å². The summed E-state index contributed by atoms with van der Waals surface area (Å²) in [5, 5.41) is 0.546. The molecular weight excluding hydrogens is 471 g/mol. The van der Waals surface area contributed by atoms with Crippen LogP contribution in [0.1, 0.15) is 19.4 Å². The number of imide groups is 1. The zero-order valence-corrected chi connectivity index (χ0v) is 18.9. The topological polar surface area (TPSA) is 62.7 Å². The third-order valence-corrected chi connectivity index (χ3v) is 5.76. The number of alkyl halides is 3. The molecule has 0 saturated carbocycles. The summed E-state index contributed by atoms with van der Waals surface area (Å²) in [7, 11) is 0. The maximum atomic E-state index is 13.3. The standard InChI is InChI=1S/C24H19ClF3N3O3/c1-23(2)21(32)31(18-6-8-19(9-7-18)34-24(26,27)28)22(33)30(23)14-16-10-11-29-13-20(16)15-4-3-5-17(25)12-15/h3-13H,14H2,1-2H3. The number of pyridine rings is 1. The van der Waals surface area contributed by atoms with Crippen LogP contribution < -0.4 is 9.64 Å². The molecule has 0 spiro atoms. The molecule has 0 atom stereocenters. The van der Waals surface area contributed by atoms with Crippen LogP contribution in [-0.2, 0) is 11.3 Å². The Hall–Kier alpha value is -3.59. The number of anilines is 1. The first-order valence-electron chi connectivity index (χ1n) is 10.2. The summed E-state index contributed by atoms with van der Waals surface area (Å²) in [6.07, 6.45) is -1.59. The van der Waals surface area contributed by atoms with Gasteiger partial charge >= 0.3 is 12.4 Å². The number of hydrogen-bond donors (Lipinski definition) is 0. The van der Waals surface area contributed by atoms with Crippen LogP contribution in [0, 0.1) is 0 Å². The van der Waals surface area contributed by atoms with Gasteiger partial charge in [-0.25, -0.2) is 9.69 Å². The molecule has 0 aliphatic carbocycles. The molecule has 0 radical (unpaired) electrons. The SMILES string of the molecule is CC1(C)C(=O)N(c2ccc(OC(F)(F)F)cc2)C(=O)N1Cc1ccncc1-c1cccc(Cl)c1. The Morgan fingerprint density at radius 1 is 1.06 bits per heavy atom. The number of carbonyl (C=O) groups is 2. The third-order valence-electron chi connectivity index (χ3n) is 5.53. The first-order valence-corrected chi connectivity index (χ1v) is 10.6. The van der Waals surface area contributed by atoms with Crippen molar-refractivity contribution in [1.29, 1.82) is 0 Å². The summed E-state index contributed by atoms with van der Waals surface area (Å²) in [5.74, 6) is -0.949. The Bertz CT molecular complexity index is 1250. The summed E-state index contributed by atoms with van der Waals surface area (Å²) >= 11 is 6.13. The molecule has 2 aromatic carbocycles. The highest BCUT2D eigenvalue weighted by molar-refractivity contribution is 6.30. The molecule has 34 heavy (non-hydrogen) atoms. The van der Waals surface area contributed by atoms with Crippen LogP contribution in [0.5, 0.6) is 5.75 Å². The predicted octanol–water partition coefficient (Wildman–Crippen LogP) is 6.05. The summed E-state index contributed by atoms with van der Waals surface area (Å²) in [6, 6.07) is 12.9. The fourth-order valence-corrected chi connectivity index (χ4v) is 3.96. The molecule has 3 amide bonds. The van der Waals surface area contributed by atoms with Gasteiger partial charge < -0.3 is 9.64 Å². The fraction of sp³-hybridized carbons (Fsp3) is 0.208. The molecule has 1 saturated heterocycles. The van der Waals surface area contributed by atoms with Gasteiger partial charge in [-0.2, -0.15) is 0 Å². The van der Waals surface area contributed by atoms with Gasteiger partial charge in [0.05, 0.1) is 5.69 Å². The molecule has 3 aromatic rings. The number of carbonyl (C=O) groups excluding carboxylic acids is 2. The van der Waals surface area contributed by atoms with Gasteiger partial charge in [0.25, 0.3) is 5.91 Å². The second kappa shape index (κ2) is 8.64. The third kappa shape index (κ3) is 4.56. The largest absolute Gasteiger partial charge is 0.573 e. The monoisotopic (exact) mass is 489 g/mol. The van der Waals surface area contributed by atoms with E-state index in [1.54, 1.807) is 50.5 Å². The highest BCUT2D eigenvalue weighted by Crippen LogP contribution is 2.36. The van der Waals surface area contributed by atoms with Crippen molar-refractivity contribution >= 4 is 29.2 Å². The Balaban J connectivity index is 1.64. The summed E-state index contributed by atoms with van der Waals surface area (Å²) in [6.45, 7) is 3.34. The molecule has 0 N–H and O–H groups in total. The van der Waals surface area contributed by atoms with Gasteiger partial charge in [-0.15, -0.1) is 13.2 Å². The minimum Gasteiger partial charge on any atom is -0.406 e. The lowest BCUT2D eigenvalue weighted by molar-refractivity contribution is -0.274. The molecule has 4 rings (SSSR count). The number of hydrogen-bond acceptors (Lipinski definition) is 4. The molecule has 1 aliphatic heterocycles. The van der Waals surface area contributed by atoms with Gasteiger partial charge in [0.2, 0.25) is 0 Å². The van der Waals surface area contributed by atoms with Gasteiger partial charge in [0.15, 0.2) is 0 Å². The van der Waals surface area contributed by atoms with Gasteiger partial charge in [0.1, 0.15) is 11.3 Å². The lowest BCUT2D eigenvalue weighted by Crippen LogP contribution is -2.43. The van der Waals surface area contributed by atoms with Crippen molar-refractivity contribution in [3.8, 4) is 16.9 Å². The number of halogens is 4. The number of amides is 3. The van der Waals surface area contributed by atoms with Crippen molar-refractivity contribution in [3.63, 3.8) is 0 Å². The van der Waals surface area contributed by atoms with Crippen molar-refractivity contribution in [3.05, 3.63) is 77.6 Å². The molecule has 2 heterocycles. The summed E-state index contributed by atoms with van der Waals surface area (Å²) in [5.41, 5.74) is 1.26. The lowest BCUT2D eigenvalue weighted by atomic mass is 9.99. The molecule has 0 bridgehead atoms. The van der Waals surface area contributed by atoms with E-state index < -0.39 is 29.6 Å². The second-order valence-corrected chi connectivity index (χ2v) is 8.59. The maximum absolute atomic E-state index is 13.3. The van der Waals surface area contributed by atoms with E-state index in [2.05, 4.69) is 9.72 Å². The van der Waals surface area contributed by atoms with Crippen LogP contribution in [0.15, 0.2) is 67.0 Å². The lowest BCUT2D eigenvalue weighted by Gasteiger charge is -2.28. The van der Waals surface area contributed by atoms with Crippen LogP contribution in [0.25, 0.3) is 11.1 Å². The Morgan fingerprint density at radius 2 is 1.76 bits per heavy atom. The number of nitrogens with zero attached hydrogens (tertiary/aromatic N) is 3. The number of benzene rings is 2. The van der Waals surface area contributed by atoms with Crippen LogP contribution in [0.4, 0.5) is 23.7 Å². The molecule has 6 nitrogen and oxygen atoms in total. The fourth-order valence-electron chi connectivity index (χ4n) is 3.77. The Morgan fingerprint density at radius 3 is 2.41 bits per heavy atom. The number of rotatable bonds is 5. The average molecular weight is 490 g/mol. The van der Waals surface area contributed by atoms with Gasteiger partial charge in [-0.05, 0) is 67.4 Å². The van der Waals surface area contributed by atoms with Gasteiger partial charge in [0, 0.05) is 29.5 Å². The minimum atomic E-state index is -4.84. The first-order chi connectivity index (χ1) is 16.0. The van der Waals surface area contributed by atoms with Crippen molar-refractivity contribution in [2.45, 2.75) is 32.3 Å². The van der Waals surface area contributed by atoms with E-state index in [1.807, 2.05) is 6.07 Å². The van der Waals surface area contributed by atoms with Crippen molar-refractivity contribution in [2.24, 2.45) is 0 Å². The van der Waals surface area contributed by atoms with Crippen LogP contribution >= 0.6 is 11.6 Å². The Labute approximate surface area is 198 Å². The van der Waals surface area contributed by atoms with E-state index in [0.717, 1.165) is 33.7 Å². The van der Waals surface area contributed by atoms with Crippen molar-refractivity contribution in [1.82, 2.24) is 9.88 Å². The number of ether oxygens (including phenoxy) is 1. The normalized spacial score (nSPS) is 15.7. The smallest absolute Gasteiger partial charge is 0.406 e. The van der Waals surface area contributed by atoms with Crippen molar-refractivity contribution < 1.29 is 27.5 Å². The van der Waals surface area contributed by atoms with E-state index >= 15 is 0 Å². The van der Waals surface area contributed by atoms with Crippen LogP contribution in [0.3, 0.4) is 0 Å².